The van der Waals surface area contributed by atoms with Crippen LogP contribution in [0.1, 0.15) is 51.3 Å². The minimum Gasteiger partial charge on any atom is -0.384 e. The van der Waals surface area contributed by atoms with E-state index in [1.54, 1.807) is 0 Å². The third-order valence-electron chi connectivity index (χ3n) is 3.96. The van der Waals surface area contributed by atoms with Gasteiger partial charge in [0.1, 0.15) is 6.10 Å². The number of hydrogen-bond donors (Lipinski definition) is 1. The van der Waals surface area contributed by atoms with Gasteiger partial charge in [0.05, 0.1) is 11.2 Å². The van der Waals surface area contributed by atoms with Gasteiger partial charge in [-0.2, -0.15) is 0 Å². The van der Waals surface area contributed by atoms with Crippen molar-refractivity contribution in [3.63, 3.8) is 0 Å². The number of fused-ring (bicyclic) bond motifs is 2. The highest BCUT2D eigenvalue weighted by atomic mass is 16.5. The smallest absolute Gasteiger partial charge is 0.104 e. The van der Waals surface area contributed by atoms with Crippen molar-refractivity contribution < 1.29 is 9.84 Å². The molecule has 0 saturated heterocycles. The van der Waals surface area contributed by atoms with E-state index in [0.29, 0.717) is 0 Å². The summed E-state index contributed by atoms with van der Waals surface area (Å²) in [5, 5.41) is 10.5. The Hall–Kier alpha value is -1.12. The van der Waals surface area contributed by atoms with Crippen molar-refractivity contribution in [3.8, 4) is 0 Å². The molecule has 96 valence electrons. The largest absolute Gasteiger partial charge is 0.384 e. The molecular formula is C16H20O2. The Morgan fingerprint density at radius 3 is 2.56 bits per heavy atom. The molecule has 2 aliphatic rings. The summed E-state index contributed by atoms with van der Waals surface area (Å²) in [6.45, 7) is 8.34. The van der Waals surface area contributed by atoms with Gasteiger partial charge in [-0.05, 0) is 50.0 Å². The van der Waals surface area contributed by atoms with Crippen molar-refractivity contribution >= 4 is 5.57 Å². The molecule has 0 amide bonds. The van der Waals surface area contributed by atoms with E-state index >= 15 is 0 Å². The fraction of sp³-hybridized carbons (Fsp3) is 0.500. The Labute approximate surface area is 108 Å². The zero-order chi connectivity index (χ0) is 13.1. The first-order valence-electron chi connectivity index (χ1n) is 6.53. The van der Waals surface area contributed by atoms with Gasteiger partial charge in [0.15, 0.2) is 0 Å². The molecule has 1 heterocycles. The van der Waals surface area contributed by atoms with Crippen LogP contribution in [-0.4, -0.2) is 16.3 Å². The van der Waals surface area contributed by atoms with E-state index in [-0.39, 0.29) is 5.60 Å². The Bertz CT molecular complexity index is 538. The lowest BCUT2D eigenvalue weighted by molar-refractivity contribution is -0.114. The van der Waals surface area contributed by atoms with Crippen LogP contribution < -0.4 is 0 Å². The lowest BCUT2D eigenvalue weighted by Crippen LogP contribution is -2.43. The number of hydrogen-bond acceptors (Lipinski definition) is 2. The maximum atomic E-state index is 10.5. The minimum absolute atomic E-state index is 0.181. The normalized spacial score (nSPS) is 27.9. The zero-order valence-electron chi connectivity index (χ0n) is 11.4. The Morgan fingerprint density at radius 2 is 1.83 bits per heavy atom. The third-order valence-corrected chi connectivity index (χ3v) is 3.96. The maximum Gasteiger partial charge on any atom is 0.104 e. The van der Waals surface area contributed by atoms with Gasteiger partial charge >= 0.3 is 0 Å². The third kappa shape index (κ3) is 1.56. The van der Waals surface area contributed by atoms with Crippen LogP contribution in [0.3, 0.4) is 0 Å². The topological polar surface area (TPSA) is 29.5 Å². The first-order chi connectivity index (χ1) is 8.32. The molecule has 1 unspecified atom stereocenters. The van der Waals surface area contributed by atoms with E-state index in [2.05, 4.69) is 33.8 Å². The fourth-order valence-corrected chi connectivity index (χ4v) is 3.57. The first kappa shape index (κ1) is 11.9. The standard InChI is InChI=1S/C16H20O2/c1-15(2)9-12-10-7-5-6-8-11(10)14(17)13(12)16(3,4)18-15/h5-8,14,17H,9H2,1-4H3. The van der Waals surface area contributed by atoms with Crippen molar-refractivity contribution in [3.05, 3.63) is 41.0 Å². The monoisotopic (exact) mass is 244 g/mol. The second-order valence-electron chi connectivity index (χ2n) is 6.43. The van der Waals surface area contributed by atoms with Gasteiger partial charge in [-0.3, -0.25) is 0 Å². The average molecular weight is 244 g/mol. The molecule has 0 fully saturated rings. The van der Waals surface area contributed by atoms with Gasteiger partial charge in [0, 0.05) is 6.42 Å². The van der Waals surface area contributed by atoms with Crippen LogP contribution in [-0.2, 0) is 4.74 Å². The molecule has 2 nitrogen and oxygen atoms in total. The number of aliphatic hydroxyl groups is 1. The lowest BCUT2D eigenvalue weighted by atomic mass is 9.82. The maximum absolute atomic E-state index is 10.5. The summed E-state index contributed by atoms with van der Waals surface area (Å²) in [5.41, 5.74) is 3.96. The summed E-state index contributed by atoms with van der Waals surface area (Å²) >= 11 is 0. The van der Waals surface area contributed by atoms with E-state index in [4.69, 9.17) is 4.74 Å². The predicted molar refractivity (Wildman–Crippen MR) is 72.2 cm³/mol. The van der Waals surface area contributed by atoms with Gasteiger partial charge in [0.2, 0.25) is 0 Å². The molecule has 0 spiro atoms. The Kier molecular flexibility index (Phi) is 2.30. The molecule has 0 saturated carbocycles. The number of ether oxygens (including phenoxy) is 1. The van der Waals surface area contributed by atoms with Gasteiger partial charge < -0.3 is 9.84 Å². The number of benzene rings is 1. The highest BCUT2D eigenvalue weighted by Crippen LogP contribution is 2.53. The highest BCUT2D eigenvalue weighted by Gasteiger charge is 2.46. The van der Waals surface area contributed by atoms with Crippen molar-refractivity contribution in [2.24, 2.45) is 0 Å². The second-order valence-corrected chi connectivity index (χ2v) is 6.43. The van der Waals surface area contributed by atoms with Crippen molar-refractivity contribution in [1.29, 1.82) is 0 Å². The summed E-state index contributed by atoms with van der Waals surface area (Å²) < 4.78 is 6.16. The molecule has 1 aromatic rings. The Morgan fingerprint density at radius 1 is 1.17 bits per heavy atom. The van der Waals surface area contributed by atoms with Crippen LogP contribution in [0.15, 0.2) is 29.8 Å². The molecule has 0 aromatic heterocycles. The van der Waals surface area contributed by atoms with E-state index in [1.165, 1.54) is 11.1 Å². The van der Waals surface area contributed by atoms with Gasteiger partial charge in [-0.1, -0.05) is 24.3 Å². The van der Waals surface area contributed by atoms with E-state index in [0.717, 1.165) is 17.6 Å². The van der Waals surface area contributed by atoms with Crippen LogP contribution >= 0.6 is 0 Å². The molecule has 2 heteroatoms. The van der Waals surface area contributed by atoms with Gasteiger partial charge in [0.25, 0.3) is 0 Å². The average Bonchev–Trinajstić information content (AvgIpc) is 2.51. The predicted octanol–water partition coefficient (Wildman–Crippen LogP) is 3.46. The SMILES string of the molecule is CC1(C)CC2=C(C(O)c3ccccc32)C(C)(C)O1. The highest BCUT2D eigenvalue weighted by molar-refractivity contribution is 5.80. The molecule has 1 aromatic carbocycles. The molecule has 3 rings (SSSR count). The minimum atomic E-state index is -0.512. The van der Waals surface area contributed by atoms with Gasteiger partial charge in [-0.25, -0.2) is 0 Å². The van der Waals surface area contributed by atoms with Crippen LogP contribution in [0.2, 0.25) is 0 Å². The lowest BCUT2D eigenvalue weighted by Gasteiger charge is -2.43. The van der Waals surface area contributed by atoms with E-state index < -0.39 is 11.7 Å². The van der Waals surface area contributed by atoms with Crippen molar-refractivity contribution in [2.45, 2.75) is 51.4 Å². The molecule has 1 N–H and O–H groups in total. The second kappa shape index (κ2) is 3.46. The van der Waals surface area contributed by atoms with Crippen molar-refractivity contribution in [2.75, 3.05) is 0 Å². The Balaban J connectivity index is 2.21. The molecular weight excluding hydrogens is 224 g/mol. The van der Waals surface area contributed by atoms with Crippen LogP contribution in [0.25, 0.3) is 5.57 Å². The first-order valence-corrected chi connectivity index (χ1v) is 6.53. The molecule has 1 aliphatic heterocycles. The van der Waals surface area contributed by atoms with Crippen LogP contribution in [0.4, 0.5) is 0 Å². The zero-order valence-corrected chi connectivity index (χ0v) is 11.4. The number of rotatable bonds is 0. The van der Waals surface area contributed by atoms with E-state index in [9.17, 15) is 5.11 Å². The van der Waals surface area contributed by atoms with Crippen LogP contribution in [0.5, 0.6) is 0 Å². The van der Waals surface area contributed by atoms with Crippen LogP contribution in [0, 0.1) is 0 Å². The summed E-state index contributed by atoms with van der Waals surface area (Å²) in [6.07, 6.45) is 0.349. The molecule has 1 atom stereocenters. The number of aliphatic hydroxyl groups excluding tert-OH is 1. The summed E-state index contributed by atoms with van der Waals surface area (Å²) in [6, 6.07) is 8.15. The summed E-state index contributed by atoms with van der Waals surface area (Å²) in [4.78, 5) is 0. The summed E-state index contributed by atoms with van der Waals surface area (Å²) in [5.74, 6) is 0. The molecule has 1 aliphatic carbocycles. The van der Waals surface area contributed by atoms with Crippen molar-refractivity contribution in [1.82, 2.24) is 0 Å². The summed E-state index contributed by atoms with van der Waals surface area (Å²) in [7, 11) is 0. The fourth-order valence-electron chi connectivity index (χ4n) is 3.57. The molecule has 0 radical (unpaired) electrons. The van der Waals surface area contributed by atoms with E-state index in [1.807, 2.05) is 18.2 Å². The molecule has 0 bridgehead atoms. The quantitative estimate of drug-likeness (QED) is 0.757. The molecule has 18 heavy (non-hydrogen) atoms. The van der Waals surface area contributed by atoms with Gasteiger partial charge in [-0.15, -0.1) is 0 Å².